The van der Waals surface area contributed by atoms with Crippen LogP contribution in [-0.2, 0) is 4.79 Å². The van der Waals surface area contributed by atoms with Gasteiger partial charge in [0.1, 0.15) is 5.78 Å². The van der Waals surface area contributed by atoms with Gasteiger partial charge in [0.15, 0.2) is 0 Å². The zero-order valence-corrected chi connectivity index (χ0v) is 10.0. The second-order valence-corrected chi connectivity index (χ2v) is 2.46. The maximum Gasteiger partial charge on any atom is 1.00 e. The molecule has 11 heavy (non-hydrogen) atoms. The van der Waals surface area contributed by atoms with Crippen LogP contribution in [0.4, 0.5) is 12.9 Å². The Kier molecular flexibility index (Phi) is 7.67. The molecule has 1 atom stereocenters. The molecule has 0 aromatic carbocycles. The molecule has 0 aromatic rings. The van der Waals surface area contributed by atoms with Crippen LogP contribution in [0.2, 0.25) is 6.32 Å². The first kappa shape index (κ1) is 14.7. The van der Waals surface area contributed by atoms with Crippen molar-refractivity contribution in [3.05, 3.63) is 0 Å². The van der Waals surface area contributed by atoms with Crippen molar-refractivity contribution in [3.63, 3.8) is 0 Å². The van der Waals surface area contributed by atoms with E-state index in [-0.39, 0.29) is 51.4 Å². The standard InChI is InChI=1S/C5H9BF3O.K/c1-4(5(2)10)3-6(7,8)9;/h4H,3H2,1-2H3;/q-1;+1. The summed E-state index contributed by atoms with van der Waals surface area (Å²) < 4.78 is 34.7. The third kappa shape index (κ3) is 9.07. The van der Waals surface area contributed by atoms with Gasteiger partial charge in [-0.05, 0) is 12.8 Å². The molecule has 0 spiro atoms. The summed E-state index contributed by atoms with van der Waals surface area (Å²) in [6.45, 7) is -2.33. The van der Waals surface area contributed by atoms with Crippen LogP contribution in [0.1, 0.15) is 13.8 Å². The Labute approximate surface area is 107 Å². The Morgan fingerprint density at radius 1 is 1.45 bits per heavy atom. The molecule has 0 aliphatic rings. The van der Waals surface area contributed by atoms with E-state index in [0.717, 1.165) is 0 Å². The number of carbonyl (C=O) groups is 1. The summed E-state index contributed by atoms with van der Waals surface area (Å²) in [5, 5.41) is 0. The van der Waals surface area contributed by atoms with Crippen molar-refractivity contribution in [3.8, 4) is 0 Å². The van der Waals surface area contributed by atoms with Crippen molar-refractivity contribution in [1.29, 1.82) is 0 Å². The quantitative estimate of drug-likeness (QED) is 0.527. The van der Waals surface area contributed by atoms with Crippen molar-refractivity contribution in [2.75, 3.05) is 0 Å². The normalized spacial score (nSPS) is 13.5. The van der Waals surface area contributed by atoms with E-state index in [0.29, 0.717) is 0 Å². The molecular formula is C5H9BF3KO. The van der Waals surface area contributed by atoms with Crippen LogP contribution in [0.5, 0.6) is 0 Å². The summed E-state index contributed by atoms with van der Waals surface area (Å²) in [5.41, 5.74) is 0. The van der Waals surface area contributed by atoms with Gasteiger partial charge in [-0.1, -0.05) is 13.2 Å². The van der Waals surface area contributed by atoms with Crippen molar-refractivity contribution >= 4 is 12.8 Å². The van der Waals surface area contributed by atoms with Gasteiger partial charge in [0.25, 0.3) is 0 Å². The van der Waals surface area contributed by atoms with E-state index in [1.54, 1.807) is 0 Å². The Morgan fingerprint density at radius 2 is 1.82 bits per heavy atom. The molecule has 0 heterocycles. The first-order valence-electron chi connectivity index (χ1n) is 3.04. The Morgan fingerprint density at radius 3 is 1.91 bits per heavy atom. The number of Topliss-reactive ketones (excluding diaryl/α,β-unsaturated/α-hetero) is 1. The molecule has 0 bridgehead atoms. The van der Waals surface area contributed by atoms with Crippen LogP contribution in [0.25, 0.3) is 0 Å². The first-order chi connectivity index (χ1) is 4.33. The number of hydrogen-bond acceptors (Lipinski definition) is 1. The molecule has 60 valence electrons. The van der Waals surface area contributed by atoms with Gasteiger partial charge < -0.3 is 12.9 Å². The number of ketones is 1. The summed E-state index contributed by atoms with van der Waals surface area (Å²) >= 11 is 0. The molecule has 1 nitrogen and oxygen atoms in total. The minimum Gasteiger partial charge on any atom is -0.449 e. The van der Waals surface area contributed by atoms with Crippen LogP contribution in [0.15, 0.2) is 0 Å². The molecule has 0 saturated carbocycles. The molecule has 0 aliphatic heterocycles. The third-order valence-electron chi connectivity index (χ3n) is 1.31. The summed E-state index contributed by atoms with van der Waals surface area (Å²) in [6.07, 6.45) is -0.949. The molecule has 0 aromatic heterocycles. The molecule has 6 heteroatoms. The fraction of sp³-hybridized carbons (Fsp3) is 0.800. The Bertz CT molecular complexity index is 136. The van der Waals surface area contributed by atoms with Crippen LogP contribution in [-0.4, -0.2) is 12.8 Å². The molecular weight excluding hydrogens is 183 g/mol. The van der Waals surface area contributed by atoms with Crippen molar-refractivity contribution in [2.24, 2.45) is 5.92 Å². The summed E-state index contributed by atoms with van der Waals surface area (Å²) in [5.74, 6) is -1.28. The SMILES string of the molecule is CC(=O)C(C)C[B-](F)(F)F.[K+]. The number of carbonyl (C=O) groups excluding carboxylic acids is 1. The second kappa shape index (κ2) is 5.75. The van der Waals surface area contributed by atoms with Crippen LogP contribution < -0.4 is 51.4 Å². The maximum atomic E-state index is 11.6. The van der Waals surface area contributed by atoms with Gasteiger partial charge in [0, 0.05) is 0 Å². The van der Waals surface area contributed by atoms with Crippen molar-refractivity contribution < 1.29 is 69.1 Å². The molecule has 0 radical (unpaired) electrons. The van der Waals surface area contributed by atoms with Crippen molar-refractivity contribution in [2.45, 2.75) is 20.2 Å². The predicted octanol–water partition coefficient (Wildman–Crippen LogP) is -0.937. The second-order valence-electron chi connectivity index (χ2n) is 2.46. The number of halogens is 3. The topological polar surface area (TPSA) is 17.1 Å². The minimum absolute atomic E-state index is 0. The molecule has 0 aliphatic carbocycles. The van der Waals surface area contributed by atoms with E-state index in [4.69, 9.17) is 0 Å². The van der Waals surface area contributed by atoms with E-state index in [2.05, 4.69) is 0 Å². The van der Waals surface area contributed by atoms with Gasteiger partial charge in [0.2, 0.25) is 0 Å². The summed E-state index contributed by atoms with van der Waals surface area (Å²) in [4.78, 5) is 10.3. The fourth-order valence-electron chi connectivity index (χ4n) is 0.567. The molecule has 0 fully saturated rings. The number of hydrogen-bond donors (Lipinski definition) is 0. The van der Waals surface area contributed by atoms with E-state index in [9.17, 15) is 17.7 Å². The van der Waals surface area contributed by atoms with E-state index in [1.807, 2.05) is 0 Å². The van der Waals surface area contributed by atoms with Gasteiger partial charge in [-0.3, -0.25) is 4.79 Å². The molecule has 0 N–H and O–H groups in total. The minimum atomic E-state index is -4.80. The van der Waals surface area contributed by atoms with E-state index < -0.39 is 25.0 Å². The largest absolute Gasteiger partial charge is 1.00 e. The van der Waals surface area contributed by atoms with Gasteiger partial charge in [-0.25, -0.2) is 0 Å². The van der Waals surface area contributed by atoms with Gasteiger partial charge in [0.05, 0.1) is 0 Å². The summed E-state index contributed by atoms with van der Waals surface area (Å²) in [6, 6.07) is 0. The Balaban J connectivity index is 0. The molecule has 0 rings (SSSR count). The van der Waals surface area contributed by atoms with Gasteiger partial charge in [-0.15, -0.1) is 0 Å². The number of rotatable bonds is 3. The average Bonchev–Trinajstić information content (AvgIpc) is 1.60. The smallest absolute Gasteiger partial charge is 0.449 e. The zero-order valence-electron chi connectivity index (χ0n) is 6.90. The van der Waals surface area contributed by atoms with Gasteiger partial charge >= 0.3 is 58.4 Å². The Hall–Kier alpha value is 1.16. The average molecular weight is 192 g/mol. The van der Waals surface area contributed by atoms with Crippen LogP contribution in [0.3, 0.4) is 0 Å². The predicted molar refractivity (Wildman–Crippen MR) is 33.7 cm³/mol. The maximum absolute atomic E-state index is 11.6. The monoisotopic (exact) mass is 192 g/mol. The fourth-order valence-corrected chi connectivity index (χ4v) is 0.567. The van der Waals surface area contributed by atoms with Crippen LogP contribution >= 0.6 is 0 Å². The molecule has 0 amide bonds. The molecule has 0 saturated heterocycles. The van der Waals surface area contributed by atoms with E-state index >= 15 is 0 Å². The zero-order chi connectivity index (χ0) is 8.36. The van der Waals surface area contributed by atoms with Gasteiger partial charge in [-0.2, -0.15) is 0 Å². The van der Waals surface area contributed by atoms with Crippen molar-refractivity contribution in [1.82, 2.24) is 0 Å². The van der Waals surface area contributed by atoms with Crippen LogP contribution in [0, 0.1) is 5.92 Å². The third-order valence-corrected chi connectivity index (χ3v) is 1.31. The van der Waals surface area contributed by atoms with E-state index in [1.165, 1.54) is 13.8 Å². The first-order valence-corrected chi connectivity index (χ1v) is 3.04. The summed E-state index contributed by atoms with van der Waals surface area (Å²) in [7, 11) is 0. The molecule has 1 unspecified atom stereocenters.